The summed E-state index contributed by atoms with van der Waals surface area (Å²) >= 11 is 0. The summed E-state index contributed by atoms with van der Waals surface area (Å²) in [6.07, 6.45) is 1.22. The Kier molecular flexibility index (Phi) is 2.80. The van der Waals surface area contributed by atoms with Crippen LogP contribution in [0.25, 0.3) is 0 Å². The molecule has 0 amide bonds. The minimum atomic E-state index is -4.14. The van der Waals surface area contributed by atoms with E-state index in [2.05, 4.69) is 4.42 Å². The highest BCUT2D eigenvalue weighted by Crippen LogP contribution is 2.32. The van der Waals surface area contributed by atoms with Gasteiger partial charge < -0.3 is 20.4 Å². The van der Waals surface area contributed by atoms with Gasteiger partial charge in [0.2, 0.25) is 5.50 Å². The van der Waals surface area contributed by atoms with Crippen LogP contribution in [-0.4, -0.2) is 9.79 Å². The predicted octanol–water partition coefficient (Wildman–Crippen LogP) is 0.245. The molecule has 5 nitrogen and oxygen atoms in total. The van der Waals surface area contributed by atoms with Gasteiger partial charge >= 0.3 is 7.60 Å². The molecule has 0 saturated heterocycles. The zero-order valence-electron chi connectivity index (χ0n) is 5.10. The Hall–Kier alpha value is -0.610. The lowest BCUT2D eigenvalue weighted by Crippen LogP contribution is -1.97. The van der Waals surface area contributed by atoms with Crippen LogP contribution in [-0.2, 0) is 4.57 Å². The Morgan fingerprint density at radius 3 is 2.30 bits per heavy atom. The lowest BCUT2D eigenvalue weighted by molar-refractivity contribution is 0.376. The molecule has 0 aliphatic rings. The number of hydrogen-bond acceptors (Lipinski definition) is 3. The maximum absolute atomic E-state index is 10.3. The third-order valence-electron chi connectivity index (χ3n) is 0.793. The van der Waals surface area contributed by atoms with Crippen molar-refractivity contribution in [2.24, 2.45) is 0 Å². The van der Waals surface area contributed by atoms with Crippen LogP contribution in [0, 0.1) is 0 Å². The molecule has 0 saturated carbocycles. The molecule has 1 heterocycles. The minimum Gasteiger partial charge on any atom is -0.456 e. The first-order valence-electron chi connectivity index (χ1n) is 2.20. The van der Waals surface area contributed by atoms with Gasteiger partial charge in [0, 0.05) is 0 Å². The molecule has 0 aromatic carbocycles. The first-order chi connectivity index (χ1) is 4.11. The van der Waals surface area contributed by atoms with Crippen LogP contribution in [0.1, 0.15) is 0 Å². The van der Waals surface area contributed by atoms with E-state index < -0.39 is 7.60 Å². The highest BCUT2D eigenvalue weighted by atomic mass is 31.2. The molecule has 0 bridgehead atoms. The molecule has 0 aliphatic heterocycles. The fraction of sp³-hybridized carbons (Fsp3) is 0. The molecule has 5 N–H and O–H groups in total. The van der Waals surface area contributed by atoms with Gasteiger partial charge in [0.25, 0.3) is 0 Å². The second-order valence-corrected chi connectivity index (χ2v) is 3.02. The van der Waals surface area contributed by atoms with Crippen molar-refractivity contribution in [3.63, 3.8) is 0 Å². The van der Waals surface area contributed by atoms with Crippen molar-refractivity contribution in [1.29, 1.82) is 0 Å². The summed E-state index contributed by atoms with van der Waals surface area (Å²) in [5, 5.41) is 0. The Morgan fingerprint density at radius 1 is 1.50 bits per heavy atom. The molecule has 0 atom stereocenters. The lowest BCUT2D eigenvalue weighted by atomic mass is 10.7. The first-order valence-corrected chi connectivity index (χ1v) is 3.81. The van der Waals surface area contributed by atoms with Gasteiger partial charge in [-0.15, -0.1) is 0 Å². The number of furan rings is 1. The van der Waals surface area contributed by atoms with Gasteiger partial charge in [-0.3, -0.25) is 4.57 Å². The molecule has 1 aromatic heterocycles. The smallest absolute Gasteiger partial charge is 0.391 e. The Balaban J connectivity index is 0.000000810. The highest BCUT2D eigenvalue weighted by molar-refractivity contribution is 7.59. The second-order valence-electron chi connectivity index (χ2n) is 1.50. The molecule has 1 aromatic rings. The summed E-state index contributed by atoms with van der Waals surface area (Å²) < 4.78 is 14.7. The molecule has 58 valence electrons. The van der Waals surface area contributed by atoms with E-state index in [0.29, 0.717) is 0 Å². The summed E-state index contributed by atoms with van der Waals surface area (Å²) in [4.78, 5) is 16.8. The minimum absolute atomic E-state index is 0. The van der Waals surface area contributed by atoms with Crippen molar-refractivity contribution >= 4 is 13.1 Å². The van der Waals surface area contributed by atoms with E-state index in [9.17, 15) is 4.57 Å². The topological polar surface area (TPSA) is 106 Å². The standard InChI is InChI=1S/C4H5O4P.H3N/c5-9(6,7)4-2-1-3-8-4;/h1-3H,(H2,5,6,7);1H3. The first kappa shape index (κ1) is 9.39. The summed E-state index contributed by atoms with van der Waals surface area (Å²) in [6.45, 7) is 0. The normalized spacial score (nSPS) is 10.6. The summed E-state index contributed by atoms with van der Waals surface area (Å²) in [5.74, 6) is 0. The molecular formula is C4H8NO4P. The highest BCUT2D eigenvalue weighted by Gasteiger charge is 2.19. The third-order valence-corrected chi connectivity index (χ3v) is 1.62. The van der Waals surface area contributed by atoms with Gasteiger partial charge in [-0.05, 0) is 12.1 Å². The summed E-state index contributed by atoms with van der Waals surface area (Å²) in [7, 11) is -4.14. The summed E-state index contributed by atoms with van der Waals surface area (Å²) in [6, 6.07) is 2.66. The molecule has 0 radical (unpaired) electrons. The van der Waals surface area contributed by atoms with Gasteiger partial charge in [-0.2, -0.15) is 0 Å². The van der Waals surface area contributed by atoms with E-state index in [1.165, 1.54) is 18.4 Å². The number of hydrogen-bond donors (Lipinski definition) is 3. The van der Waals surface area contributed by atoms with E-state index >= 15 is 0 Å². The van der Waals surface area contributed by atoms with Gasteiger partial charge in [-0.1, -0.05) is 0 Å². The zero-order valence-corrected chi connectivity index (χ0v) is 5.99. The van der Waals surface area contributed by atoms with Gasteiger partial charge in [0.05, 0.1) is 6.26 Å². The molecule has 0 unspecified atom stereocenters. The second kappa shape index (κ2) is 2.98. The van der Waals surface area contributed by atoms with Crippen LogP contribution in [0.4, 0.5) is 0 Å². The van der Waals surface area contributed by atoms with Gasteiger partial charge in [-0.25, -0.2) is 0 Å². The molecule has 10 heavy (non-hydrogen) atoms. The van der Waals surface area contributed by atoms with Crippen LogP contribution in [0.3, 0.4) is 0 Å². The maximum atomic E-state index is 10.3. The van der Waals surface area contributed by atoms with E-state index in [1.807, 2.05) is 0 Å². The average Bonchev–Trinajstić information content (AvgIpc) is 2.08. The van der Waals surface area contributed by atoms with Crippen molar-refractivity contribution < 1.29 is 18.8 Å². The van der Waals surface area contributed by atoms with E-state index in [4.69, 9.17) is 9.79 Å². The zero-order chi connectivity index (χ0) is 6.91. The molecular weight excluding hydrogens is 157 g/mol. The molecule has 1 rings (SSSR count). The van der Waals surface area contributed by atoms with E-state index in [-0.39, 0.29) is 11.7 Å². The van der Waals surface area contributed by atoms with Gasteiger partial charge in [0.15, 0.2) is 0 Å². The Bertz CT molecular complexity index is 225. The quantitative estimate of drug-likeness (QED) is 0.517. The lowest BCUT2D eigenvalue weighted by Gasteiger charge is -1.94. The Labute approximate surface area is 57.4 Å². The SMILES string of the molecule is N.O=P(O)(O)c1ccco1. The largest absolute Gasteiger partial charge is 0.456 e. The van der Waals surface area contributed by atoms with Crippen LogP contribution in [0.2, 0.25) is 0 Å². The molecule has 0 aliphatic carbocycles. The van der Waals surface area contributed by atoms with Crippen LogP contribution < -0.4 is 11.7 Å². The van der Waals surface area contributed by atoms with Gasteiger partial charge in [0.1, 0.15) is 0 Å². The molecule has 6 heteroatoms. The summed E-state index contributed by atoms with van der Waals surface area (Å²) in [5.41, 5.74) is -0.289. The van der Waals surface area contributed by atoms with Crippen LogP contribution in [0.5, 0.6) is 0 Å². The van der Waals surface area contributed by atoms with Crippen molar-refractivity contribution in [2.45, 2.75) is 0 Å². The molecule has 0 fully saturated rings. The molecule has 0 spiro atoms. The van der Waals surface area contributed by atoms with Crippen molar-refractivity contribution in [2.75, 3.05) is 0 Å². The van der Waals surface area contributed by atoms with E-state index in [0.717, 1.165) is 0 Å². The van der Waals surface area contributed by atoms with Crippen molar-refractivity contribution in [3.8, 4) is 0 Å². The fourth-order valence-electron chi connectivity index (χ4n) is 0.436. The van der Waals surface area contributed by atoms with E-state index in [1.54, 1.807) is 0 Å². The predicted molar refractivity (Wildman–Crippen MR) is 35.4 cm³/mol. The monoisotopic (exact) mass is 165 g/mol. The third kappa shape index (κ3) is 1.97. The maximum Gasteiger partial charge on any atom is 0.391 e. The van der Waals surface area contributed by atoms with Crippen LogP contribution >= 0.6 is 7.60 Å². The average molecular weight is 165 g/mol. The Morgan fingerprint density at radius 2 is 2.10 bits per heavy atom. The fourth-order valence-corrected chi connectivity index (χ4v) is 0.914. The van der Waals surface area contributed by atoms with Crippen molar-refractivity contribution in [3.05, 3.63) is 18.4 Å². The van der Waals surface area contributed by atoms with Crippen LogP contribution in [0.15, 0.2) is 22.8 Å². The van der Waals surface area contributed by atoms with Crippen molar-refractivity contribution in [1.82, 2.24) is 6.15 Å². The number of rotatable bonds is 1.